The maximum Gasteiger partial charge on any atom is 0.173 e. The van der Waals surface area contributed by atoms with Gasteiger partial charge in [-0.15, -0.1) is 0 Å². The fourth-order valence-corrected chi connectivity index (χ4v) is 3.17. The highest BCUT2D eigenvalue weighted by Gasteiger charge is 2.19. The Hall–Kier alpha value is -1.49. The van der Waals surface area contributed by atoms with Crippen molar-refractivity contribution in [1.82, 2.24) is 4.90 Å². The zero-order valence-corrected chi connectivity index (χ0v) is 14.8. The zero-order valence-electron chi connectivity index (χ0n) is 12.5. The first-order valence-corrected chi connectivity index (χ1v) is 8.61. The number of thiocarbonyl (C=S) groups is 1. The Balaban J connectivity index is 1.57. The van der Waals surface area contributed by atoms with Crippen LogP contribution in [0.3, 0.4) is 0 Å². The molecule has 0 amide bonds. The van der Waals surface area contributed by atoms with Gasteiger partial charge in [-0.25, -0.2) is 0 Å². The number of benzene rings is 2. The molecule has 6 heteroatoms. The van der Waals surface area contributed by atoms with Gasteiger partial charge in [-0.05, 0) is 42.5 Å². The minimum atomic E-state index is 0.585. The van der Waals surface area contributed by atoms with Gasteiger partial charge >= 0.3 is 0 Å². The van der Waals surface area contributed by atoms with E-state index in [4.69, 9.17) is 35.4 Å². The van der Waals surface area contributed by atoms with Crippen molar-refractivity contribution >= 4 is 51.9 Å². The Morgan fingerprint density at radius 3 is 2.26 bits per heavy atom. The van der Waals surface area contributed by atoms with E-state index in [-0.39, 0.29) is 0 Å². The predicted molar refractivity (Wildman–Crippen MR) is 103 cm³/mol. The van der Waals surface area contributed by atoms with Crippen molar-refractivity contribution in [2.45, 2.75) is 0 Å². The van der Waals surface area contributed by atoms with Crippen molar-refractivity contribution < 1.29 is 0 Å². The van der Waals surface area contributed by atoms with Crippen LogP contribution < -0.4 is 10.2 Å². The smallest absolute Gasteiger partial charge is 0.173 e. The zero-order chi connectivity index (χ0) is 16.2. The topological polar surface area (TPSA) is 18.5 Å². The lowest BCUT2D eigenvalue weighted by molar-refractivity contribution is 0.391. The van der Waals surface area contributed by atoms with Gasteiger partial charge in [0.2, 0.25) is 0 Å². The second kappa shape index (κ2) is 7.39. The minimum absolute atomic E-state index is 0.585. The van der Waals surface area contributed by atoms with Crippen LogP contribution in [-0.2, 0) is 0 Å². The highest BCUT2D eigenvalue weighted by Crippen LogP contribution is 2.27. The monoisotopic (exact) mass is 365 g/mol. The van der Waals surface area contributed by atoms with Crippen molar-refractivity contribution in [3.8, 4) is 0 Å². The van der Waals surface area contributed by atoms with Crippen LogP contribution in [0.4, 0.5) is 11.4 Å². The number of halogens is 2. The Morgan fingerprint density at radius 1 is 0.913 bits per heavy atom. The van der Waals surface area contributed by atoms with E-state index in [0.717, 1.165) is 42.7 Å². The van der Waals surface area contributed by atoms with Gasteiger partial charge in [-0.2, -0.15) is 0 Å². The fraction of sp³-hybridized carbons (Fsp3) is 0.235. The average Bonchev–Trinajstić information content (AvgIpc) is 2.58. The third-order valence-corrected chi connectivity index (χ3v) is 4.96. The van der Waals surface area contributed by atoms with Gasteiger partial charge in [0.1, 0.15) is 0 Å². The molecule has 0 radical (unpaired) electrons. The summed E-state index contributed by atoms with van der Waals surface area (Å²) in [6.45, 7) is 3.54. The largest absolute Gasteiger partial charge is 0.368 e. The van der Waals surface area contributed by atoms with Crippen LogP contribution >= 0.6 is 35.4 Å². The summed E-state index contributed by atoms with van der Waals surface area (Å²) < 4.78 is 0. The van der Waals surface area contributed by atoms with Crippen LogP contribution in [0.25, 0.3) is 0 Å². The van der Waals surface area contributed by atoms with E-state index in [9.17, 15) is 0 Å². The van der Waals surface area contributed by atoms with Crippen molar-refractivity contribution in [1.29, 1.82) is 0 Å². The Labute approximate surface area is 151 Å². The van der Waals surface area contributed by atoms with E-state index >= 15 is 0 Å². The molecule has 1 saturated heterocycles. The molecule has 0 unspecified atom stereocenters. The van der Waals surface area contributed by atoms with Crippen LogP contribution in [0.15, 0.2) is 48.5 Å². The standard InChI is InChI=1S/C17H17Cl2N3S/c18-15-7-6-14(12-16(15)19)21-8-10-22(11-9-21)17(23)20-13-4-2-1-3-5-13/h1-7,12H,8-11H2,(H,20,23). The van der Waals surface area contributed by atoms with Crippen molar-refractivity contribution in [2.24, 2.45) is 0 Å². The normalized spacial score (nSPS) is 14.7. The molecule has 3 rings (SSSR count). The second-order valence-electron chi connectivity index (χ2n) is 5.37. The Bertz CT molecular complexity index is 685. The molecule has 0 bridgehead atoms. The van der Waals surface area contributed by atoms with E-state index in [1.54, 1.807) is 0 Å². The van der Waals surface area contributed by atoms with Gasteiger partial charge in [-0.1, -0.05) is 41.4 Å². The molecular weight excluding hydrogens is 349 g/mol. The van der Waals surface area contributed by atoms with Gasteiger partial charge in [0.25, 0.3) is 0 Å². The number of para-hydroxylation sites is 1. The minimum Gasteiger partial charge on any atom is -0.368 e. The first kappa shape index (κ1) is 16.4. The van der Waals surface area contributed by atoms with Gasteiger partial charge < -0.3 is 15.1 Å². The molecule has 120 valence electrons. The lowest BCUT2D eigenvalue weighted by atomic mass is 10.2. The Morgan fingerprint density at radius 2 is 1.61 bits per heavy atom. The molecule has 2 aromatic carbocycles. The molecule has 0 saturated carbocycles. The maximum absolute atomic E-state index is 6.10. The molecule has 1 N–H and O–H groups in total. The lowest BCUT2D eigenvalue weighted by Crippen LogP contribution is -2.50. The lowest BCUT2D eigenvalue weighted by Gasteiger charge is -2.37. The molecule has 1 aliphatic heterocycles. The predicted octanol–water partition coefficient (Wildman–Crippen LogP) is 4.51. The number of nitrogens with zero attached hydrogens (tertiary/aromatic N) is 2. The number of nitrogens with one attached hydrogen (secondary N) is 1. The first-order valence-electron chi connectivity index (χ1n) is 7.44. The number of anilines is 2. The van der Waals surface area contributed by atoms with Gasteiger partial charge in [0.05, 0.1) is 10.0 Å². The quantitative estimate of drug-likeness (QED) is 0.788. The molecule has 0 spiro atoms. The van der Waals surface area contributed by atoms with Crippen molar-refractivity contribution in [3.05, 3.63) is 58.6 Å². The molecule has 23 heavy (non-hydrogen) atoms. The fourth-order valence-electron chi connectivity index (χ4n) is 2.57. The van der Waals surface area contributed by atoms with Gasteiger partial charge in [-0.3, -0.25) is 0 Å². The van der Waals surface area contributed by atoms with E-state index < -0.39 is 0 Å². The summed E-state index contributed by atoms with van der Waals surface area (Å²) in [5.41, 5.74) is 2.12. The molecule has 0 aliphatic carbocycles. The van der Waals surface area contributed by atoms with E-state index in [0.29, 0.717) is 10.0 Å². The van der Waals surface area contributed by atoms with Crippen LogP contribution in [-0.4, -0.2) is 36.2 Å². The van der Waals surface area contributed by atoms with Crippen LogP contribution in [0.1, 0.15) is 0 Å². The molecule has 0 atom stereocenters. The summed E-state index contributed by atoms with van der Waals surface area (Å²) in [7, 11) is 0. The maximum atomic E-state index is 6.10. The molecule has 1 fully saturated rings. The molecule has 1 heterocycles. The SMILES string of the molecule is S=C(Nc1ccccc1)N1CCN(c2ccc(Cl)c(Cl)c2)CC1. The van der Waals surface area contributed by atoms with Gasteiger partial charge in [0.15, 0.2) is 5.11 Å². The van der Waals surface area contributed by atoms with Crippen molar-refractivity contribution in [2.75, 3.05) is 36.4 Å². The van der Waals surface area contributed by atoms with E-state index in [1.807, 2.05) is 48.5 Å². The summed E-state index contributed by atoms with van der Waals surface area (Å²) in [4.78, 5) is 4.49. The molecule has 0 aromatic heterocycles. The third kappa shape index (κ3) is 4.08. The van der Waals surface area contributed by atoms with Crippen LogP contribution in [0.5, 0.6) is 0 Å². The Kier molecular flexibility index (Phi) is 5.26. The summed E-state index contributed by atoms with van der Waals surface area (Å²) in [6, 6.07) is 15.8. The number of rotatable bonds is 2. The van der Waals surface area contributed by atoms with E-state index in [1.165, 1.54) is 0 Å². The van der Waals surface area contributed by atoms with Gasteiger partial charge in [0, 0.05) is 37.6 Å². The highest BCUT2D eigenvalue weighted by molar-refractivity contribution is 7.80. The number of piperazine rings is 1. The first-order chi connectivity index (χ1) is 11.1. The third-order valence-electron chi connectivity index (χ3n) is 3.86. The molecule has 1 aliphatic rings. The highest BCUT2D eigenvalue weighted by atomic mass is 35.5. The summed E-state index contributed by atoms with van der Waals surface area (Å²) in [5.74, 6) is 0. The van der Waals surface area contributed by atoms with Crippen molar-refractivity contribution in [3.63, 3.8) is 0 Å². The number of hydrogen-bond donors (Lipinski definition) is 1. The summed E-state index contributed by atoms with van der Waals surface area (Å²) >= 11 is 17.6. The second-order valence-corrected chi connectivity index (χ2v) is 6.57. The summed E-state index contributed by atoms with van der Waals surface area (Å²) in [6.07, 6.45) is 0. The van der Waals surface area contributed by atoms with Crippen LogP contribution in [0, 0.1) is 0 Å². The summed E-state index contributed by atoms with van der Waals surface area (Å²) in [5, 5.41) is 5.23. The average molecular weight is 366 g/mol. The van der Waals surface area contributed by atoms with Crippen LogP contribution in [0.2, 0.25) is 10.0 Å². The van der Waals surface area contributed by atoms with E-state index in [2.05, 4.69) is 15.1 Å². The molecule has 2 aromatic rings. The molecular formula is C17H17Cl2N3S. The number of hydrogen-bond acceptors (Lipinski definition) is 2. The molecule has 3 nitrogen and oxygen atoms in total.